The summed E-state index contributed by atoms with van der Waals surface area (Å²) < 4.78 is 0.604. The number of hydrogen-bond acceptors (Lipinski definition) is 1. The van der Waals surface area contributed by atoms with Crippen molar-refractivity contribution in [3.05, 3.63) is 35.9 Å². The summed E-state index contributed by atoms with van der Waals surface area (Å²) >= 11 is 0. The molecule has 0 aliphatic carbocycles. The van der Waals surface area contributed by atoms with Gasteiger partial charge in [0.2, 0.25) is 0 Å². The Morgan fingerprint density at radius 2 is 2.14 bits per heavy atom. The second-order valence-electron chi connectivity index (χ2n) is 3.53. The molecule has 1 unspecified atom stereocenters. The highest BCUT2D eigenvalue weighted by atomic mass is 16.7. The number of hydrogen-bond donors (Lipinski definition) is 0. The van der Waals surface area contributed by atoms with Crippen LogP contribution in [-0.4, -0.2) is 20.2 Å². The lowest BCUT2D eigenvalue weighted by Gasteiger charge is -2.34. The first-order valence-corrected chi connectivity index (χ1v) is 5.01. The maximum absolute atomic E-state index is 5.64. The molecule has 0 fully saturated rings. The number of hydroxylamine groups is 2. The number of fused-ring (bicyclic) bond motifs is 1. The molecule has 0 saturated heterocycles. The zero-order valence-electron chi connectivity index (χ0n) is 8.73. The van der Waals surface area contributed by atoms with Crippen LogP contribution >= 0.6 is 0 Å². The van der Waals surface area contributed by atoms with Crippen LogP contribution in [0, 0.1) is 0 Å². The molecular weight excluding hydrogens is 174 g/mol. The molecule has 0 amide bonds. The van der Waals surface area contributed by atoms with Crippen molar-refractivity contribution in [1.82, 2.24) is 4.65 Å². The summed E-state index contributed by atoms with van der Waals surface area (Å²) in [4.78, 5) is 5.64. The molecule has 2 nitrogen and oxygen atoms in total. The molecule has 14 heavy (non-hydrogen) atoms. The highest BCUT2D eigenvalue weighted by molar-refractivity contribution is 5.68. The molecule has 1 aromatic rings. The number of benzene rings is 1. The van der Waals surface area contributed by atoms with Crippen molar-refractivity contribution in [3.8, 4) is 0 Å². The molecule has 0 aromatic heterocycles. The quantitative estimate of drug-likeness (QED) is 0.651. The first-order valence-electron chi connectivity index (χ1n) is 5.01. The van der Waals surface area contributed by atoms with E-state index in [9.17, 15) is 0 Å². The van der Waals surface area contributed by atoms with Crippen LogP contribution in [0.1, 0.15) is 12.5 Å². The van der Waals surface area contributed by atoms with E-state index in [1.807, 2.05) is 0 Å². The highest BCUT2D eigenvalue weighted by Crippen LogP contribution is 2.31. The van der Waals surface area contributed by atoms with Crippen LogP contribution in [0.4, 0.5) is 5.69 Å². The van der Waals surface area contributed by atoms with Gasteiger partial charge in [0.25, 0.3) is 0 Å². The topological polar surface area (TPSA) is 9.23 Å². The van der Waals surface area contributed by atoms with E-state index in [0.29, 0.717) is 4.65 Å². The first-order chi connectivity index (χ1) is 6.82. The van der Waals surface area contributed by atoms with Crippen molar-refractivity contribution in [2.45, 2.75) is 6.92 Å². The largest absolute Gasteiger partial charge is 0.201 e. The molecule has 2 heteroatoms. The summed E-state index contributed by atoms with van der Waals surface area (Å²) in [5, 5.41) is 0. The third-order valence-electron chi connectivity index (χ3n) is 2.93. The van der Waals surface area contributed by atoms with Gasteiger partial charge in [0, 0.05) is 11.6 Å². The number of likely N-dealkylation sites (N-methyl/N-ethyl adjacent to an activating group) is 1. The van der Waals surface area contributed by atoms with Crippen molar-refractivity contribution in [3.63, 3.8) is 0 Å². The maximum Gasteiger partial charge on any atom is 0.172 e. The number of para-hydroxylation sites is 1. The fraction of sp³-hybridized carbons (Fsp3) is 0.333. The van der Waals surface area contributed by atoms with Crippen LogP contribution in [0.15, 0.2) is 30.3 Å². The number of rotatable bonds is 2. The monoisotopic (exact) mass is 190 g/mol. The first kappa shape index (κ1) is 9.44. The molecule has 0 radical (unpaired) electrons. The maximum atomic E-state index is 5.64. The van der Waals surface area contributed by atoms with Gasteiger partial charge in [-0.3, -0.25) is 0 Å². The van der Waals surface area contributed by atoms with Gasteiger partial charge in [0.05, 0.1) is 7.11 Å². The van der Waals surface area contributed by atoms with Crippen LogP contribution in [0.25, 0.3) is 6.08 Å². The van der Waals surface area contributed by atoms with E-state index in [1.165, 1.54) is 11.3 Å². The molecule has 0 N–H and O–H groups in total. The SMILES string of the molecule is CC[N+]1(OC)CC=Cc2ccccc21. The highest BCUT2D eigenvalue weighted by Gasteiger charge is 2.32. The third-order valence-corrected chi connectivity index (χ3v) is 2.93. The molecular formula is C12H16NO+. The predicted molar refractivity (Wildman–Crippen MR) is 59.7 cm³/mol. The summed E-state index contributed by atoms with van der Waals surface area (Å²) in [5.41, 5.74) is 2.53. The molecule has 1 heterocycles. The Morgan fingerprint density at radius 1 is 1.36 bits per heavy atom. The summed E-state index contributed by atoms with van der Waals surface area (Å²) in [6.45, 7) is 4.03. The van der Waals surface area contributed by atoms with Crippen molar-refractivity contribution < 1.29 is 4.84 Å². The molecule has 0 bridgehead atoms. The molecule has 1 atom stereocenters. The third kappa shape index (κ3) is 1.27. The minimum Gasteiger partial charge on any atom is -0.201 e. The predicted octanol–water partition coefficient (Wildman–Crippen LogP) is 2.60. The van der Waals surface area contributed by atoms with Crippen molar-refractivity contribution in [2.24, 2.45) is 0 Å². The average molecular weight is 190 g/mol. The van der Waals surface area contributed by atoms with E-state index in [0.717, 1.165) is 13.1 Å². The van der Waals surface area contributed by atoms with Crippen LogP contribution in [0.5, 0.6) is 0 Å². The van der Waals surface area contributed by atoms with Crippen molar-refractivity contribution in [1.29, 1.82) is 0 Å². The number of nitrogens with zero attached hydrogens (tertiary/aromatic N) is 1. The summed E-state index contributed by atoms with van der Waals surface area (Å²) in [5.74, 6) is 0. The zero-order valence-corrected chi connectivity index (χ0v) is 8.73. The molecule has 0 spiro atoms. The molecule has 74 valence electrons. The normalized spacial score (nSPS) is 24.7. The minimum atomic E-state index is 0.604. The summed E-state index contributed by atoms with van der Waals surface area (Å²) in [7, 11) is 1.78. The molecule has 1 aromatic carbocycles. The van der Waals surface area contributed by atoms with E-state index in [-0.39, 0.29) is 0 Å². The zero-order chi connectivity index (χ0) is 10.0. The van der Waals surface area contributed by atoms with Gasteiger partial charge in [-0.1, -0.05) is 12.1 Å². The Bertz CT molecular complexity index is 353. The van der Waals surface area contributed by atoms with Crippen molar-refractivity contribution >= 4 is 11.8 Å². The Labute approximate surface area is 85.0 Å². The minimum absolute atomic E-state index is 0.604. The smallest absolute Gasteiger partial charge is 0.172 e. The Balaban J connectivity index is 2.54. The molecule has 1 aliphatic rings. The standard InChI is InChI=1S/C12H16NO/c1-3-13(14-2)10-6-8-11-7-4-5-9-12(11)13/h4-9H,3,10H2,1-2H3/q+1. The summed E-state index contributed by atoms with van der Waals surface area (Å²) in [6.07, 6.45) is 4.34. The average Bonchev–Trinajstić information content (AvgIpc) is 2.28. The van der Waals surface area contributed by atoms with Gasteiger partial charge in [0.1, 0.15) is 13.1 Å². The van der Waals surface area contributed by atoms with E-state index in [2.05, 4.69) is 43.3 Å². The van der Waals surface area contributed by atoms with Crippen LogP contribution < -0.4 is 4.65 Å². The van der Waals surface area contributed by atoms with Gasteiger partial charge in [0.15, 0.2) is 5.69 Å². The molecule has 2 rings (SSSR count). The van der Waals surface area contributed by atoms with Gasteiger partial charge >= 0.3 is 0 Å². The summed E-state index contributed by atoms with van der Waals surface area (Å²) in [6, 6.07) is 8.41. The number of quaternary nitrogens is 1. The van der Waals surface area contributed by atoms with Gasteiger partial charge in [-0.15, -0.1) is 4.65 Å². The van der Waals surface area contributed by atoms with E-state index in [4.69, 9.17) is 4.84 Å². The fourth-order valence-electron chi connectivity index (χ4n) is 2.05. The molecule has 0 saturated carbocycles. The van der Waals surface area contributed by atoms with Gasteiger partial charge in [-0.25, -0.2) is 4.84 Å². The Hall–Kier alpha value is -1.12. The lowest BCUT2D eigenvalue weighted by atomic mass is 10.1. The van der Waals surface area contributed by atoms with Crippen LogP contribution in [-0.2, 0) is 4.84 Å². The van der Waals surface area contributed by atoms with Crippen LogP contribution in [0.3, 0.4) is 0 Å². The van der Waals surface area contributed by atoms with Crippen molar-refractivity contribution in [2.75, 3.05) is 20.2 Å². The van der Waals surface area contributed by atoms with Gasteiger partial charge < -0.3 is 0 Å². The van der Waals surface area contributed by atoms with Crippen LogP contribution in [0.2, 0.25) is 0 Å². The fourth-order valence-corrected chi connectivity index (χ4v) is 2.05. The second kappa shape index (κ2) is 3.56. The van der Waals surface area contributed by atoms with Gasteiger partial charge in [-0.2, -0.15) is 0 Å². The van der Waals surface area contributed by atoms with E-state index in [1.54, 1.807) is 7.11 Å². The second-order valence-corrected chi connectivity index (χ2v) is 3.53. The van der Waals surface area contributed by atoms with E-state index >= 15 is 0 Å². The Morgan fingerprint density at radius 3 is 2.86 bits per heavy atom. The molecule has 1 aliphatic heterocycles. The Kier molecular flexibility index (Phi) is 2.40. The lowest BCUT2D eigenvalue weighted by Crippen LogP contribution is -2.49. The lowest BCUT2D eigenvalue weighted by molar-refractivity contribution is -0.108. The van der Waals surface area contributed by atoms with E-state index < -0.39 is 0 Å². The van der Waals surface area contributed by atoms with Gasteiger partial charge in [-0.05, 0) is 25.1 Å².